The number of carbonyl (C=O) groups excluding carboxylic acids is 1. The Morgan fingerprint density at radius 1 is 1.28 bits per heavy atom. The van der Waals surface area contributed by atoms with Gasteiger partial charge in [-0.3, -0.25) is 4.79 Å². The highest BCUT2D eigenvalue weighted by atomic mass is 79.9. The van der Waals surface area contributed by atoms with Crippen molar-refractivity contribution in [2.45, 2.75) is 6.92 Å². The Balaban J connectivity index is 2.32. The van der Waals surface area contributed by atoms with Crippen LogP contribution >= 0.6 is 15.9 Å². The Morgan fingerprint density at radius 2 is 2.06 bits per heavy atom. The lowest BCUT2D eigenvalue weighted by atomic mass is 10.1. The van der Waals surface area contributed by atoms with Crippen LogP contribution in [0.5, 0.6) is 0 Å². The van der Waals surface area contributed by atoms with E-state index in [1.54, 1.807) is 7.11 Å². The molecule has 1 rings (SSSR count). The van der Waals surface area contributed by atoms with Crippen molar-refractivity contribution in [1.29, 1.82) is 0 Å². The van der Waals surface area contributed by atoms with Crippen LogP contribution in [0.15, 0.2) is 22.7 Å². The summed E-state index contributed by atoms with van der Waals surface area (Å²) in [6, 6.07) is 5.67. The summed E-state index contributed by atoms with van der Waals surface area (Å²) in [7, 11) is 1.67. The first-order chi connectivity index (χ1) is 8.63. The molecule has 4 nitrogen and oxygen atoms in total. The molecule has 18 heavy (non-hydrogen) atoms. The molecular weight excluding hydrogens is 296 g/mol. The van der Waals surface area contributed by atoms with Crippen LogP contribution in [0.3, 0.4) is 0 Å². The number of rotatable bonds is 7. The summed E-state index contributed by atoms with van der Waals surface area (Å²) in [5, 5.41) is 6.03. The van der Waals surface area contributed by atoms with Gasteiger partial charge in [-0.25, -0.2) is 0 Å². The molecule has 5 heteroatoms. The van der Waals surface area contributed by atoms with E-state index in [1.807, 2.05) is 25.1 Å². The largest absolute Gasteiger partial charge is 0.383 e. The number of benzene rings is 1. The van der Waals surface area contributed by atoms with Gasteiger partial charge < -0.3 is 15.4 Å². The average molecular weight is 315 g/mol. The first-order valence-electron chi connectivity index (χ1n) is 5.88. The molecule has 0 saturated carbocycles. The van der Waals surface area contributed by atoms with Crippen LogP contribution in [-0.2, 0) is 4.74 Å². The fourth-order valence-electron chi connectivity index (χ4n) is 1.53. The van der Waals surface area contributed by atoms with E-state index in [1.165, 1.54) is 0 Å². The first-order valence-corrected chi connectivity index (χ1v) is 6.68. The number of amides is 1. The van der Waals surface area contributed by atoms with Crippen LogP contribution < -0.4 is 10.6 Å². The summed E-state index contributed by atoms with van der Waals surface area (Å²) in [4.78, 5) is 11.9. The molecule has 0 spiro atoms. The number of methoxy groups -OCH3 is 1. The van der Waals surface area contributed by atoms with Crippen LogP contribution in [-0.4, -0.2) is 39.3 Å². The van der Waals surface area contributed by atoms with Crippen molar-refractivity contribution < 1.29 is 9.53 Å². The number of halogens is 1. The van der Waals surface area contributed by atoms with Gasteiger partial charge >= 0.3 is 0 Å². The third-order valence-corrected chi connectivity index (χ3v) is 2.83. The summed E-state index contributed by atoms with van der Waals surface area (Å²) in [5.74, 6) is -0.0482. The average Bonchev–Trinajstić information content (AvgIpc) is 2.32. The van der Waals surface area contributed by atoms with E-state index in [0.717, 1.165) is 23.1 Å². The summed E-state index contributed by atoms with van der Waals surface area (Å²) in [5.41, 5.74) is 1.74. The van der Waals surface area contributed by atoms with E-state index >= 15 is 0 Å². The molecule has 1 aromatic carbocycles. The fraction of sp³-hybridized carbons (Fsp3) is 0.462. The lowest BCUT2D eigenvalue weighted by molar-refractivity contribution is 0.0953. The van der Waals surface area contributed by atoms with E-state index < -0.39 is 0 Å². The van der Waals surface area contributed by atoms with Crippen LogP contribution in [0.1, 0.15) is 15.9 Å². The molecule has 100 valence electrons. The number of aryl methyl sites for hydroxylation is 1. The van der Waals surface area contributed by atoms with Gasteiger partial charge in [-0.15, -0.1) is 0 Å². The van der Waals surface area contributed by atoms with Gasteiger partial charge in [-0.1, -0.05) is 15.9 Å². The van der Waals surface area contributed by atoms with E-state index in [0.29, 0.717) is 18.7 Å². The van der Waals surface area contributed by atoms with Crippen molar-refractivity contribution >= 4 is 21.8 Å². The Morgan fingerprint density at radius 3 is 2.72 bits per heavy atom. The molecule has 0 aliphatic rings. The highest BCUT2D eigenvalue weighted by Gasteiger charge is 2.05. The first kappa shape index (κ1) is 15.1. The molecule has 0 aliphatic carbocycles. The van der Waals surface area contributed by atoms with Gasteiger partial charge in [-0.2, -0.15) is 0 Å². The van der Waals surface area contributed by atoms with Crippen molar-refractivity contribution in [2.75, 3.05) is 33.4 Å². The maximum atomic E-state index is 11.9. The lowest BCUT2D eigenvalue weighted by Crippen LogP contribution is -2.33. The van der Waals surface area contributed by atoms with E-state index in [2.05, 4.69) is 26.6 Å². The Kier molecular flexibility index (Phi) is 6.93. The van der Waals surface area contributed by atoms with Crippen LogP contribution in [0.4, 0.5) is 0 Å². The Bertz CT molecular complexity index is 376. The molecule has 0 fully saturated rings. The number of nitrogens with one attached hydrogen (secondary N) is 2. The molecule has 0 bridgehead atoms. The van der Waals surface area contributed by atoms with E-state index in [9.17, 15) is 4.79 Å². The number of carbonyl (C=O) groups is 1. The highest BCUT2D eigenvalue weighted by molar-refractivity contribution is 9.10. The number of hydrogen-bond acceptors (Lipinski definition) is 3. The van der Waals surface area contributed by atoms with Crippen molar-refractivity contribution in [2.24, 2.45) is 0 Å². The van der Waals surface area contributed by atoms with Crippen LogP contribution in [0, 0.1) is 6.92 Å². The fourth-order valence-corrected chi connectivity index (χ4v) is 2.14. The second-order valence-electron chi connectivity index (χ2n) is 4.02. The third-order valence-electron chi connectivity index (χ3n) is 2.37. The van der Waals surface area contributed by atoms with Gasteiger partial charge in [0.25, 0.3) is 5.91 Å². The highest BCUT2D eigenvalue weighted by Crippen LogP contribution is 2.15. The van der Waals surface area contributed by atoms with Crippen LogP contribution in [0.25, 0.3) is 0 Å². The van der Waals surface area contributed by atoms with Crippen molar-refractivity contribution in [3.8, 4) is 0 Å². The normalized spacial score (nSPS) is 10.4. The Labute approximate surface area is 116 Å². The second kappa shape index (κ2) is 8.24. The molecule has 1 aromatic rings. The molecule has 1 amide bonds. The zero-order valence-corrected chi connectivity index (χ0v) is 12.3. The monoisotopic (exact) mass is 314 g/mol. The quantitative estimate of drug-likeness (QED) is 0.754. The second-order valence-corrected chi connectivity index (χ2v) is 4.93. The molecule has 0 aliphatic heterocycles. The van der Waals surface area contributed by atoms with Gasteiger partial charge in [0.15, 0.2) is 0 Å². The zero-order valence-electron chi connectivity index (χ0n) is 10.8. The molecule has 0 saturated heterocycles. The molecule has 2 N–H and O–H groups in total. The topological polar surface area (TPSA) is 50.4 Å². The van der Waals surface area contributed by atoms with Gasteiger partial charge in [0.05, 0.1) is 6.61 Å². The lowest BCUT2D eigenvalue weighted by Gasteiger charge is -2.07. The number of ether oxygens (including phenoxy) is 1. The summed E-state index contributed by atoms with van der Waals surface area (Å²) < 4.78 is 5.83. The van der Waals surface area contributed by atoms with Gasteiger partial charge in [0, 0.05) is 36.8 Å². The van der Waals surface area contributed by atoms with Crippen LogP contribution in [0.2, 0.25) is 0 Å². The maximum Gasteiger partial charge on any atom is 0.251 e. The minimum Gasteiger partial charge on any atom is -0.383 e. The van der Waals surface area contributed by atoms with Gasteiger partial charge in [0.1, 0.15) is 0 Å². The SMILES string of the molecule is COCCNCCNC(=O)c1cc(C)cc(Br)c1. The molecule has 0 atom stereocenters. The predicted octanol–water partition coefficient (Wildman–Crippen LogP) is 1.72. The maximum absolute atomic E-state index is 11.9. The van der Waals surface area contributed by atoms with Gasteiger partial charge in [0.2, 0.25) is 0 Å². The van der Waals surface area contributed by atoms with E-state index in [-0.39, 0.29) is 5.91 Å². The van der Waals surface area contributed by atoms with Crippen molar-refractivity contribution in [3.05, 3.63) is 33.8 Å². The predicted molar refractivity (Wildman–Crippen MR) is 76.0 cm³/mol. The summed E-state index contributed by atoms with van der Waals surface area (Å²) in [6.45, 7) is 4.78. The smallest absolute Gasteiger partial charge is 0.251 e. The molecule has 0 heterocycles. The minimum atomic E-state index is -0.0482. The molecular formula is C13H19BrN2O2. The minimum absolute atomic E-state index is 0.0482. The summed E-state index contributed by atoms with van der Waals surface area (Å²) >= 11 is 3.39. The van der Waals surface area contributed by atoms with Crippen molar-refractivity contribution in [3.63, 3.8) is 0 Å². The Hall–Kier alpha value is -0.910. The molecule has 0 aromatic heterocycles. The summed E-state index contributed by atoms with van der Waals surface area (Å²) in [6.07, 6.45) is 0. The number of hydrogen-bond donors (Lipinski definition) is 2. The van der Waals surface area contributed by atoms with Gasteiger partial charge in [-0.05, 0) is 30.7 Å². The molecule has 0 unspecified atom stereocenters. The van der Waals surface area contributed by atoms with Crippen molar-refractivity contribution in [1.82, 2.24) is 10.6 Å². The standard InChI is InChI=1S/C13H19BrN2O2/c1-10-7-11(9-12(14)8-10)13(17)16-4-3-15-5-6-18-2/h7-9,15H,3-6H2,1-2H3,(H,16,17). The molecule has 0 radical (unpaired) electrons. The zero-order chi connectivity index (χ0) is 13.4. The van der Waals surface area contributed by atoms with E-state index in [4.69, 9.17) is 4.74 Å². The third kappa shape index (κ3) is 5.62.